The molecule has 1 saturated carbocycles. The second-order valence-corrected chi connectivity index (χ2v) is 7.37. The van der Waals surface area contributed by atoms with Crippen LogP contribution in [-0.2, 0) is 9.59 Å². The molecule has 2 unspecified atom stereocenters. The quantitative estimate of drug-likeness (QED) is 0.792. The van der Waals surface area contributed by atoms with Crippen molar-refractivity contribution in [3.8, 4) is 0 Å². The number of amides is 1. The molecule has 0 N–H and O–H groups in total. The van der Waals surface area contributed by atoms with E-state index in [2.05, 4.69) is 13.8 Å². The first-order valence-corrected chi connectivity index (χ1v) is 8.22. The van der Waals surface area contributed by atoms with Gasteiger partial charge in [-0.25, -0.2) is 0 Å². The Hall–Kier alpha value is -0.860. The molecule has 20 heavy (non-hydrogen) atoms. The minimum atomic E-state index is 0.119. The van der Waals surface area contributed by atoms with Crippen molar-refractivity contribution >= 4 is 11.7 Å². The molecule has 1 aliphatic heterocycles. The maximum absolute atomic E-state index is 13.0. The molecule has 2 rings (SSSR count). The van der Waals surface area contributed by atoms with Gasteiger partial charge in [0.25, 0.3) is 0 Å². The summed E-state index contributed by atoms with van der Waals surface area (Å²) in [7, 11) is 0. The predicted molar refractivity (Wildman–Crippen MR) is 80.4 cm³/mol. The van der Waals surface area contributed by atoms with E-state index in [4.69, 9.17) is 0 Å². The minimum absolute atomic E-state index is 0.119. The van der Waals surface area contributed by atoms with Crippen molar-refractivity contribution in [1.29, 1.82) is 0 Å². The summed E-state index contributed by atoms with van der Waals surface area (Å²) < 4.78 is 0. The summed E-state index contributed by atoms with van der Waals surface area (Å²) in [6.45, 7) is 6.96. The Bertz CT molecular complexity index is 375. The fourth-order valence-electron chi connectivity index (χ4n) is 3.99. The molecule has 2 aliphatic rings. The van der Waals surface area contributed by atoms with Crippen LogP contribution < -0.4 is 0 Å². The van der Waals surface area contributed by atoms with Crippen LogP contribution in [0.25, 0.3) is 0 Å². The lowest BCUT2D eigenvalue weighted by Gasteiger charge is -2.43. The lowest BCUT2D eigenvalue weighted by molar-refractivity contribution is -0.145. The predicted octanol–water partition coefficient (Wildman–Crippen LogP) is 3.56. The Kier molecular flexibility index (Phi) is 4.87. The van der Waals surface area contributed by atoms with Gasteiger partial charge in [0, 0.05) is 24.9 Å². The van der Waals surface area contributed by atoms with E-state index in [1.807, 2.05) is 4.90 Å². The number of hydrogen-bond donors (Lipinski definition) is 0. The maximum Gasteiger partial charge on any atom is 0.226 e. The molecule has 0 aromatic carbocycles. The molecule has 0 aromatic heterocycles. The normalized spacial score (nSPS) is 30.1. The van der Waals surface area contributed by atoms with Crippen LogP contribution in [-0.4, -0.2) is 29.2 Å². The highest BCUT2D eigenvalue weighted by molar-refractivity contribution is 5.82. The molecule has 0 aromatic rings. The van der Waals surface area contributed by atoms with E-state index in [1.165, 1.54) is 12.8 Å². The lowest BCUT2D eigenvalue weighted by Crippen LogP contribution is -2.50. The molecule has 0 bridgehead atoms. The van der Waals surface area contributed by atoms with Gasteiger partial charge in [0.1, 0.15) is 5.78 Å². The zero-order valence-corrected chi connectivity index (χ0v) is 13.3. The molecule has 0 radical (unpaired) electrons. The molecule has 3 heteroatoms. The minimum Gasteiger partial charge on any atom is -0.339 e. The number of hydrogen-bond acceptors (Lipinski definition) is 2. The van der Waals surface area contributed by atoms with Gasteiger partial charge in [0.05, 0.1) is 0 Å². The Morgan fingerprint density at radius 1 is 1.10 bits per heavy atom. The third-order valence-corrected chi connectivity index (χ3v) is 5.24. The molecule has 3 nitrogen and oxygen atoms in total. The first-order valence-electron chi connectivity index (χ1n) is 8.22. The summed E-state index contributed by atoms with van der Waals surface area (Å²) in [5.41, 5.74) is 0.119. The van der Waals surface area contributed by atoms with Crippen LogP contribution in [0.15, 0.2) is 0 Å². The van der Waals surface area contributed by atoms with Crippen LogP contribution >= 0.6 is 0 Å². The van der Waals surface area contributed by atoms with Crippen molar-refractivity contribution in [2.24, 2.45) is 11.3 Å². The first kappa shape index (κ1) is 15.5. The van der Waals surface area contributed by atoms with E-state index in [-0.39, 0.29) is 23.2 Å². The van der Waals surface area contributed by atoms with Crippen molar-refractivity contribution < 1.29 is 9.59 Å². The van der Waals surface area contributed by atoms with Crippen molar-refractivity contribution in [2.75, 3.05) is 6.54 Å². The number of rotatable bonds is 3. The fraction of sp³-hybridized carbons (Fsp3) is 0.882. The number of ketones is 1. The SMILES string of the molecule is CC(=O)CC1CCCCN1C(=O)C1CCCCC1(C)C. The van der Waals surface area contributed by atoms with Crippen LogP contribution in [0, 0.1) is 11.3 Å². The average molecular weight is 279 g/mol. The third kappa shape index (κ3) is 3.42. The molecule has 0 spiro atoms. The number of piperidine rings is 1. The summed E-state index contributed by atoms with van der Waals surface area (Å²) in [5.74, 6) is 0.682. The smallest absolute Gasteiger partial charge is 0.226 e. The van der Waals surface area contributed by atoms with Crippen LogP contribution in [0.4, 0.5) is 0 Å². The average Bonchev–Trinajstić information content (AvgIpc) is 2.37. The number of Topliss-reactive ketones (excluding diaryl/α,β-unsaturated/α-hetero) is 1. The molecule has 1 amide bonds. The summed E-state index contributed by atoms with van der Waals surface area (Å²) in [5, 5.41) is 0. The molecular formula is C17H29NO2. The number of carbonyl (C=O) groups excluding carboxylic acids is 2. The van der Waals surface area contributed by atoms with Gasteiger partial charge < -0.3 is 4.90 Å². The second-order valence-electron chi connectivity index (χ2n) is 7.37. The largest absolute Gasteiger partial charge is 0.339 e. The summed E-state index contributed by atoms with van der Waals surface area (Å²) >= 11 is 0. The van der Waals surface area contributed by atoms with Gasteiger partial charge in [0.15, 0.2) is 0 Å². The molecular weight excluding hydrogens is 250 g/mol. The van der Waals surface area contributed by atoms with Crippen molar-refractivity contribution in [2.45, 2.75) is 78.2 Å². The maximum atomic E-state index is 13.0. The zero-order valence-electron chi connectivity index (χ0n) is 13.3. The van der Waals surface area contributed by atoms with Crippen LogP contribution in [0.5, 0.6) is 0 Å². The zero-order chi connectivity index (χ0) is 14.8. The number of likely N-dealkylation sites (tertiary alicyclic amines) is 1. The van der Waals surface area contributed by atoms with Crippen LogP contribution in [0.3, 0.4) is 0 Å². The standard InChI is InChI=1S/C17H29NO2/c1-13(19)12-14-8-5-7-11-18(14)16(20)15-9-4-6-10-17(15,2)3/h14-15H,4-12H2,1-3H3. The Morgan fingerprint density at radius 2 is 1.80 bits per heavy atom. The van der Waals surface area contributed by atoms with E-state index in [9.17, 15) is 9.59 Å². The van der Waals surface area contributed by atoms with E-state index < -0.39 is 0 Å². The molecule has 114 valence electrons. The fourth-order valence-corrected chi connectivity index (χ4v) is 3.99. The molecule has 1 aliphatic carbocycles. The summed E-state index contributed by atoms with van der Waals surface area (Å²) in [4.78, 5) is 26.5. The van der Waals surface area contributed by atoms with E-state index >= 15 is 0 Å². The van der Waals surface area contributed by atoms with Gasteiger partial charge in [-0.15, -0.1) is 0 Å². The van der Waals surface area contributed by atoms with E-state index in [1.54, 1.807) is 6.92 Å². The topological polar surface area (TPSA) is 37.4 Å². The van der Waals surface area contributed by atoms with Crippen molar-refractivity contribution in [3.63, 3.8) is 0 Å². The summed E-state index contributed by atoms with van der Waals surface area (Å²) in [6, 6.07) is 0.159. The van der Waals surface area contributed by atoms with Gasteiger partial charge in [0.2, 0.25) is 5.91 Å². The second kappa shape index (κ2) is 6.28. The van der Waals surface area contributed by atoms with Crippen LogP contribution in [0.2, 0.25) is 0 Å². The van der Waals surface area contributed by atoms with E-state index in [0.29, 0.717) is 12.3 Å². The Balaban J connectivity index is 2.10. The van der Waals surface area contributed by atoms with E-state index in [0.717, 1.165) is 38.6 Å². The van der Waals surface area contributed by atoms with Gasteiger partial charge in [-0.1, -0.05) is 26.7 Å². The van der Waals surface area contributed by atoms with Gasteiger partial charge in [-0.05, 0) is 44.4 Å². The highest BCUT2D eigenvalue weighted by atomic mass is 16.2. The third-order valence-electron chi connectivity index (χ3n) is 5.24. The number of nitrogens with zero attached hydrogens (tertiary/aromatic N) is 1. The number of carbonyl (C=O) groups is 2. The highest BCUT2D eigenvalue weighted by Crippen LogP contribution is 2.42. The monoisotopic (exact) mass is 279 g/mol. The molecule has 1 heterocycles. The van der Waals surface area contributed by atoms with Gasteiger partial charge in [-0.2, -0.15) is 0 Å². The molecule has 2 atom stereocenters. The van der Waals surface area contributed by atoms with Crippen LogP contribution in [0.1, 0.15) is 72.1 Å². The molecule has 1 saturated heterocycles. The van der Waals surface area contributed by atoms with Crippen molar-refractivity contribution in [3.05, 3.63) is 0 Å². The first-order chi connectivity index (χ1) is 9.42. The lowest BCUT2D eigenvalue weighted by atomic mass is 9.68. The Labute approximate surface area is 123 Å². The molecule has 2 fully saturated rings. The Morgan fingerprint density at radius 3 is 2.45 bits per heavy atom. The summed E-state index contributed by atoms with van der Waals surface area (Å²) in [6.07, 6.45) is 8.36. The van der Waals surface area contributed by atoms with Gasteiger partial charge in [-0.3, -0.25) is 9.59 Å². The van der Waals surface area contributed by atoms with Gasteiger partial charge >= 0.3 is 0 Å². The highest BCUT2D eigenvalue weighted by Gasteiger charge is 2.41. The van der Waals surface area contributed by atoms with Crippen molar-refractivity contribution in [1.82, 2.24) is 4.90 Å².